The number of methoxy groups -OCH3 is 2. The van der Waals surface area contributed by atoms with E-state index in [1.807, 2.05) is 34.7 Å². The molecule has 3 aliphatic heterocycles. The van der Waals surface area contributed by atoms with E-state index in [0.717, 1.165) is 49.8 Å². The van der Waals surface area contributed by atoms with Crippen LogP contribution in [-0.4, -0.2) is 66.1 Å². The van der Waals surface area contributed by atoms with Gasteiger partial charge < -0.3 is 23.8 Å². The molecule has 3 aliphatic rings. The number of rotatable bonds is 3. The highest BCUT2D eigenvalue weighted by atomic mass is 16.5. The van der Waals surface area contributed by atoms with Crippen molar-refractivity contribution in [2.75, 3.05) is 33.9 Å². The summed E-state index contributed by atoms with van der Waals surface area (Å²) in [6, 6.07) is 6.09. The van der Waals surface area contributed by atoms with Crippen molar-refractivity contribution in [3.8, 4) is 11.5 Å². The van der Waals surface area contributed by atoms with E-state index in [1.165, 1.54) is 0 Å². The van der Waals surface area contributed by atoms with Crippen LogP contribution in [0.1, 0.15) is 36.2 Å². The van der Waals surface area contributed by atoms with Gasteiger partial charge in [-0.3, -0.25) is 9.59 Å². The summed E-state index contributed by atoms with van der Waals surface area (Å²) in [5.41, 5.74) is 1.62. The molecule has 3 unspecified atom stereocenters. The highest BCUT2D eigenvalue weighted by Gasteiger charge is 2.45. The second-order valence-electron chi connectivity index (χ2n) is 8.93. The minimum atomic E-state index is 0.0666. The molecule has 2 bridgehead atoms. The fraction of sp³-hybridized carbons (Fsp3) is 0.565. The van der Waals surface area contributed by atoms with Gasteiger partial charge in [0, 0.05) is 50.6 Å². The summed E-state index contributed by atoms with van der Waals surface area (Å²) < 4.78 is 12.8. The highest BCUT2D eigenvalue weighted by molar-refractivity contribution is 5.99. The van der Waals surface area contributed by atoms with Gasteiger partial charge in [-0.15, -0.1) is 0 Å². The zero-order chi connectivity index (χ0) is 21.0. The molecule has 2 aromatic rings. The Morgan fingerprint density at radius 2 is 1.83 bits per heavy atom. The quantitative estimate of drug-likeness (QED) is 0.779. The second kappa shape index (κ2) is 7.22. The minimum Gasteiger partial charge on any atom is -0.493 e. The number of aromatic nitrogens is 1. The molecule has 7 heteroatoms. The zero-order valence-electron chi connectivity index (χ0n) is 17.9. The van der Waals surface area contributed by atoms with Gasteiger partial charge in [-0.2, -0.15) is 0 Å². The Balaban J connectivity index is 1.43. The number of likely N-dealkylation sites (tertiary alicyclic amines) is 1. The van der Waals surface area contributed by atoms with Gasteiger partial charge in [-0.25, -0.2) is 0 Å². The van der Waals surface area contributed by atoms with Crippen LogP contribution in [0.25, 0.3) is 10.9 Å². The van der Waals surface area contributed by atoms with E-state index in [-0.39, 0.29) is 5.91 Å². The van der Waals surface area contributed by atoms with Crippen LogP contribution in [0.5, 0.6) is 11.5 Å². The lowest BCUT2D eigenvalue weighted by atomic mass is 9.76. The number of hydrogen-bond donors (Lipinski definition) is 0. The zero-order valence-corrected chi connectivity index (χ0v) is 17.9. The number of aryl methyl sites for hydroxylation is 1. The molecule has 3 fully saturated rings. The van der Waals surface area contributed by atoms with Crippen LogP contribution in [0, 0.1) is 11.8 Å². The lowest BCUT2D eigenvalue weighted by Gasteiger charge is -2.52. The minimum absolute atomic E-state index is 0.0666. The largest absolute Gasteiger partial charge is 0.493 e. The van der Waals surface area contributed by atoms with Gasteiger partial charge in [0.2, 0.25) is 5.91 Å². The van der Waals surface area contributed by atoms with E-state index in [9.17, 15) is 9.59 Å². The summed E-state index contributed by atoms with van der Waals surface area (Å²) in [4.78, 5) is 30.0. The third-order valence-corrected chi connectivity index (χ3v) is 7.23. The van der Waals surface area contributed by atoms with E-state index in [1.54, 1.807) is 14.2 Å². The summed E-state index contributed by atoms with van der Waals surface area (Å²) in [6.45, 7) is 2.26. The lowest BCUT2D eigenvalue weighted by Crippen LogP contribution is -2.61. The average Bonchev–Trinajstić information content (AvgIpc) is 3.08. The molecule has 3 saturated heterocycles. The van der Waals surface area contributed by atoms with Crippen LogP contribution in [0.3, 0.4) is 0 Å². The number of hydrogen-bond acceptors (Lipinski definition) is 4. The predicted octanol–water partition coefficient (Wildman–Crippen LogP) is 2.67. The fourth-order valence-electron chi connectivity index (χ4n) is 5.81. The Kier molecular flexibility index (Phi) is 4.64. The molecule has 0 spiro atoms. The SMILES string of the molecule is COc1cc2cc(C(=O)N3CC4CC(C3)C3CCCC(=O)N3C4)n(C)c2cc1OC. The maximum absolute atomic E-state index is 13.5. The van der Waals surface area contributed by atoms with Crippen molar-refractivity contribution in [3.63, 3.8) is 0 Å². The number of nitrogens with zero attached hydrogens (tertiary/aromatic N) is 3. The van der Waals surface area contributed by atoms with E-state index in [4.69, 9.17) is 9.47 Å². The number of piperidine rings is 3. The number of ether oxygens (including phenoxy) is 2. The van der Waals surface area contributed by atoms with E-state index in [0.29, 0.717) is 47.4 Å². The standard InChI is InChI=1S/C23H29N3O4/c1-24-18-10-21(30-3)20(29-2)9-15(18)8-19(24)23(28)25-11-14-7-16(13-25)17-5-4-6-22(27)26(17)12-14/h8-10,14,16-17H,4-7,11-13H2,1-3H3. The van der Waals surface area contributed by atoms with Crippen LogP contribution >= 0.6 is 0 Å². The van der Waals surface area contributed by atoms with Crippen molar-refractivity contribution in [1.29, 1.82) is 0 Å². The molecule has 0 saturated carbocycles. The third-order valence-electron chi connectivity index (χ3n) is 7.23. The van der Waals surface area contributed by atoms with Crippen LogP contribution in [0.4, 0.5) is 0 Å². The van der Waals surface area contributed by atoms with Crippen LogP contribution in [-0.2, 0) is 11.8 Å². The molecular formula is C23H29N3O4. The first kappa shape index (κ1) is 19.3. The summed E-state index contributed by atoms with van der Waals surface area (Å²) in [6.07, 6.45) is 3.85. The van der Waals surface area contributed by atoms with Crippen molar-refractivity contribution in [3.05, 3.63) is 23.9 Å². The summed E-state index contributed by atoms with van der Waals surface area (Å²) in [5, 5.41) is 0.958. The molecule has 4 heterocycles. The smallest absolute Gasteiger partial charge is 0.270 e. The lowest BCUT2D eigenvalue weighted by molar-refractivity contribution is -0.144. The molecule has 0 N–H and O–H groups in total. The van der Waals surface area contributed by atoms with Gasteiger partial charge in [-0.1, -0.05) is 0 Å². The molecule has 1 aromatic carbocycles. The fourth-order valence-corrected chi connectivity index (χ4v) is 5.81. The van der Waals surface area contributed by atoms with Gasteiger partial charge in [-0.05, 0) is 43.2 Å². The van der Waals surface area contributed by atoms with Crippen molar-refractivity contribution in [2.24, 2.45) is 18.9 Å². The maximum atomic E-state index is 13.5. The third kappa shape index (κ3) is 2.94. The number of carbonyl (C=O) groups excluding carboxylic acids is 2. The van der Waals surface area contributed by atoms with E-state index < -0.39 is 0 Å². The molecular weight excluding hydrogens is 382 g/mol. The number of carbonyl (C=O) groups is 2. The first-order valence-electron chi connectivity index (χ1n) is 10.8. The Labute approximate surface area is 176 Å². The highest BCUT2D eigenvalue weighted by Crippen LogP contribution is 2.39. The molecule has 7 nitrogen and oxygen atoms in total. The van der Waals surface area contributed by atoms with Gasteiger partial charge in [0.05, 0.1) is 19.7 Å². The summed E-state index contributed by atoms with van der Waals surface area (Å²) in [5.74, 6) is 2.44. The number of amides is 2. The maximum Gasteiger partial charge on any atom is 0.270 e. The molecule has 2 amide bonds. The molecule has 1 aromatic heterocycles. The van der Waals surface area contributed by atoms with Crippen molar-refractivity contribution in [2.45, 2.75) is 31.7 Å². The number of benzene rings is 1. The molecule has 30 heavy (non-hydrogen) atoms. The molecule has 160 valence electrons. The number of fused-ring (bicyclic) bond motifs is 5. The van der Waals surface area contributed by atoms with Crippen LogP contribution in [0.15, 0.2) is 18.2 Å². The molecule has 5 rings (SSSR count). The first-order chi connectivity index (χ1) is 14.5. The Morgan fingerprint density at radius 1 is 1.07 bits per heavy atom. The molecule has 0 aliphatic carbocycles. The van der Waals surface area contributed by atoms with Gasteiger partial charge >= 0.3 is 0 Å². The van der Waals surface area contributed by atoms with Crippen molar-refractivity contribution < 1.29 is 19.1 Å². The summed E-state index contributed by atoms with van der Waals surface area (Å²) >= 11 is 0. The summed E-state index contributed by atoms with van der Waals surface area (Å²) in [7, 11) is 5.16. The Morgan fingerprint density at radius 3 is 2.60 bits per heavy atom. The van der Waals surface area contributed by atoms with Crippen LogP contribution < -0.4 is 9.47 Å². The van der Waals surface area contributed by atoms with Crippen molar-refractivity contribution in [1.82, 2.24) is 14.4 Å². The molecule has 3 atom stereocenters. The topological polar surface area (TPSA) is 64.0 Å². The Hall–Kier alpha value is -2.70. The van der Waals surface area contributed by atoms with Gasteiger partial charge in [0.1, 0.15) is 5.69 Å². The molecule has 0 radical (unpaired) electrons. The monoisotopic (exact) mass is 411 g/mol. The van der Waals surface area contributed by atoms with Gasteiger partial charge in [0.25, 0.3) is 5.91 Å². The first-order valence-corrected chi connectivity index (χ1v) is 10.8. The van der Waals surface area contributed by atoms with Crippen LogP contribution in [0.2, 0.25) is 0 Å². The van der Waals surface area contributed by atoms with E-state index >= 15 is 0 Å². The second-order valence-corrected chi connectivity index (χ2v) is 8.93. The predicted molar refractivity (Wildman–Crippen MR) is 113 cm³/mol. The normalized spacial score (nSPS) is 26.0. The average molecular weight is 412 g/mol. The van der Waals surface area contributed by atoms with E-state index in [2.05, 4.69) is 4.90 Å². The van der Waals surface area contributed by atoms with Crippen molar-refractivity contribution >= 4 is 22.7 Å². The Bertz CT molecular complexity index is 1010. The van der Waals surface area contributed by atoms with Gasteiger partial charge in [0.15, 0.2) is 11.5 Å².